The summed E-state index contributed by atoms with van der Waals surface area (Å²) < 4.78 is 0. The molecule has 0 aliphatic rings. The first-order valence-electron chi connectivity index (χ1n) is 6.55. The van der Waals surface area contributed by atoms with Crippen LogP contribution in [0.25, 0.3) is 0 Å². The number of amides is 1. The summed E-state index contributed by atoms with van der Waals surface area (Å²) in [5.41, 5.74) is 1.23. The largest absolute Gasteiger partial charge is 0.356 e. The van der Waals surface area contributed by atoms with E-state index in [2.05, 4.69) is 31.3 Å². The second kappa shape index (κ2) is 7.88. The van der Waals surface area contributed by atoms with E-state index in [1.165, 1.54) is 18.4 Å². The highest BCUT2D eigenvalue weighted by Crippen LogP contribution is 2.17. The lowest BCUT2D eigenvalue weighted by Gasteiger charge is -2.11. The molecule has 0 fully saturated rings. The van der Waals surface area contributed by atoms with E-state index in [1.807, 2.05) is 18.2 Å². The topological polar surface area (TPSA) is 29.1 Å². The van der Waals surface area contributed by atoms with Crippen LogP contribution in [0.5, 0.6) is 0 Å². The second-order valence-electron chi connectivity index (χ2n) is 4.57. The molecule has 2 heteroatoms. The van der Waals surface area contributed by atoms with Crippen LogP contribution in [0.1, 0.15) is 51.0 Å². The molecular weight excluding hydrogens is 210 g/mol. The van der Waals surface area contributed by atoms with Gasteiger partial charge in [-0.2, -0.15) is 0 Å². The van der Waals surface area contributed by atoms with Gasteiger partial charge in [-0.05, 0) is 17.9 Å². The van der Waals surface area contributed by atoms with E-state index in [-0.39, 0.29) is 5.91 Å². The van der Waals surface area contributed by atoms with Gasteiger partial charge < -0.3 is 5.32 Å². The molecule has 1 aromatic rings. The van der Waals surface area contributed by atoms with Crippen molar-refractivity contribution >= 4 is 5.91 Å². The lowest BCUT2D eigenvalue weighted by Crippen LogP contribution is -2.25. The fourth-order valence-corrected chi connectivity index (χ4v) is 1.85. The third-order valence-corrected chi connectivity index (χ3v) is 2.96. The predicted molar refractivity (Wildman–Crippen MR) is 72.0 cm³/mol. The zero-order chi connectivity index (χ0) is 12.5. The Morgan fingerprint density at radius 3 is 2.59 bits per heavy atom. The molecule has 0 radical (unpaired) electrons. The Labute approximate surface area is 104 Å². The molecule has 0 bridgehead atoms. The molecule has 17 heavy (non-hydrogen) atoms. The van der Waals surface area contributed by atoms with E-state index in [1.54, 1.807) is 0 Å². The van der Waals surface area contributed by atoms with E-state index in [0.29, 0.717) is 12.3 Å². The van der Waals surface area contributed by atoms with Crippen molar-refractivity contribution in [2.45, 2.75) is 45.4 Å². The summed E-state index contributed by atoms with van der Waals surface area (Å²) >= 11 is 0. The molecule has 0 aromatic heterocycles. The number of carbonyl (C=O) groups excluding carboxylic acids is 1. The number of rotatable bonds is 7. The minimum Gasteiger partial charge on any atom is -0.356 e. The van der Waals surface area contributed by atoms with Crippen LogP contribution in [-0.2, 0) is 4.79 Å². The Morgan fingerprint density at radius 2 is 1.94 bits per heavy atom. The quantitative estimate of drug-likeness (QED) is 0.718. The number of benzene rings is 1. The Hall–Kier alpha value is -1.31. The Bertz CT molecular complexity index is 321. The molecule has 0 heterocycles. The molecule has 1 atom stereocenters. The first kappa shape index (κ1) is 13.8. The van der Waals surface area contributed by atoms with Crippen molar-refractivity contribution in [3.8, 4) is 0 Å². The molecule has 0 aliphatic carbocycles. The number of nitrogens with one attached hydrogen (secondary N) is 1. The fraction of sp³-hybridized carbons (Fsp3) is 0.533. The predicted octanol–water partition coefficient (Wildman–Crippen LogP) is 3.49. The lowest BCUT2D eigenvalue weighted by atomic mass is 9.97. The molecule has 0 saturated carbocycles. The molecule has 1 rings (SSSR count). The molecule has 1 unspecified atom stereocenters. The molecule has 1 N–H and O–H groups in total. The smallest absolute Gasteiger partial charge is 0.220 e. The summed E-state index contributed by atoms with van der Waals surface area (Å²) in [5, 5.41) is 2.98. The van der Waals surface area contributed by atoms with Crippen LogP contribution in [0, 0.1) is 0 Å². The number of hydrogen-bond donors (Lipinski definition) is 1. The number of unbranched alkanes of at least 4 members (excludes halogenated alkanes) is 2. The third kappa shape index (κ3) is 5.53. The van der Waals surface area contributed by atoms with Crippen molar-refractivity contribution in [3.05, 3.63) is 35.9 Å². The molecular formula is C15H23NO. The standard InChI is InChI=1S/C15H23NO/c1-3-4-8-11-16-15(17)12-13(2)14-9-6-5-7-10-14/h5-7,9-10,13H,3-4,8,11-12H2,1-2H3,(H,16,17). The summed E-state index contributed by atoms with van der Waals surface area (Å²) in [5.74, 6) is 0.458. The van der Waals surface area contributed by atoms with Gasteiger partial charge in [0.15, 0.2) is 0 Å². The van der Waals surface area contributed by atoms with Crippen molar-refractivity contribution in [2.75, 3.05) is 6.54 Å². The van der Waals surface area contributed by atoms with E-state index in [0.717, 1.165) is 13.0 Å². The highest BCUT2D eigenvalue weighted by Gasteiger charge is 2.09. The molecule has 94 valence electrons. The second-order valence-corrected chi connectivity index (χ2v) is 4.57. The van der Waals surface area contributed by atoms with Crippen LogP contribution in [-0.4, -0.2) is 12.5 Å². The van der Waals surface area contributed by atoms with Crippen LogP contribution < -0.4 is 5.32 Å². The number of hydrogen-bond acceptors (Lipinski definition) is 1. The molecule has 1 aromatic carbocycles. The van der Waals surface area contributed by atoms with Gasteiger partial charge >= 0.3 is 0 Å². The molecule has 1 amide bonds. The van der Waals surface area contributed by atoms with Crippen LogP contribution in [0.3, 0.4) is 0 Å². The molecule has 0 aliphatic heterocycles. The van der Waals surface area contributed by atoms with Crippen LogP contribution in [0.2, 0.25) is 0 Å². The summed E-state index contributed by atoms with van der Waals surface area (Å²) in [6.07, 6.45) is 4.04. The van der Waals surface area contributed by atoms with E-state index in [4.69, 9.17) is 0 Å². The van der Waals surface area contributed by atoms with Gasteiger partial charge in [0.05, 0.1) is 0 Å². The van der Waals surface area contributed by atoms with Gasteiger partial charge in [0.1, 0.15) is 0 Å². The van der Waals surface area contributed by atoms with E-state index < -0.39 is 0 Å². The van der Waals surface area contributed by atoms with Crippen molar-refractivity contribution in [1.82, 2.24) is 5.32 Å². The van der Waals surface area contributed by atoms with Crippen molar-refractivity contribution in [2.24, 2.45) is 0 Å². The summed E-state index contributed by atoms with van der Waals surface area (Å²) in [6, 6.07) is 10.2. The van der Waals surface area contributed by atoms with Gasteiger partial charge in [0.25, 0.3) is 0 Å². The Kier molecular flexibility index (Phi) is 6.38. The maximum Gasteiger partial charge on any atom is 0.220 e. The van der Waals surface area contributed by atoms with Gasteiger partial charge in [-0.15, -0.1) is 0 Å². The van der Waals surface area contributed by atoms with E-state index >= 15 is 0 Å². The maximum atomic E-state index is 11.7. The van der Waals surface area contributed by atoms with Gasteiger partial charge in [-0.1, -0.05) is 57.0 Å². The van der Waals surface area contributed by atoms with Gasteiger partial charge in [-0.25, -0.2) is 0 Å². The van der Waals surface area contributed by atoms with Crippen LogP contribution in [0.4, 0.5) is 0 Å². The zero-order valence-corrected chi connectivity index (χ0v) is 10.9. The first-order valence-corrected chi connectivity index (χ1v) is 6.55. The minimum atomic E-state index is 0.164. The maximum absolute atomic E-state index is 11.7. The van der Waals surface area contributed by atoms with Crippen LogP contribution >= 0.6 is 0 Å². The Morgan fingerprint density at radius 1 is 1.24 bits per heavy atom. The third-order valence-electron chi connectivity index (χ3n) is 2.96. The lowest BCUT2D eigenvalue weighted by molar-refractivity contribution is -0.121. The average Bonchev–Trinajstić information content (AvgIpc) is 2.36. The van der Waals surface area contributed by atoms with E-state index in [9.17, 15) is 4.79 Å². The first-order chi connectivity index (χ1) is 8.24. The van der Waals surface area contributed by atoms with Crippen molar-refractivity contribution in [3.63, 3.8) is 0 Å². The summed E-state index contributed by atoms with van der Waals surface area (Å²) in [7, 11) is 0. The fourth-order valence-electron chi connectivity index (χ4n) is 1.85. The normalized spacial score (nSPS) is 12.1. The molecule has 2 nitrogen and oxygen atoms in total. The monoisotopic (exact) mass is 233 g/mol. The summed E-state index contributed by atoms with van der Waals surface area (Å²) in [4.78, 5) is 11.7. The minimum absolute atomic E-state index is 0.164. The highest BCUT2D eigenvalue weighted by molar-refractivity contribution is 5.76. The molecule has 0 spiro atoms. The Balaban J connectivity index is 2.26. The van der Waals surface area contributed by atoms with Gasteiger partial charge in [0, 0.05) is 13.0 Å². The zero-order valence-electron chi connectivity index (χ0n) is 10.9. The highest BCUT2D eigenvalue weighted by atomic mass is 16.1. The van der Waals surface area contributed by atoms with Gasteiger partial charge in [0.2, 0.25) is 5.91 Å². The average molecular weight is 233 g/mol. The SMILES string of the molecule is CCCCCNC(=O)CC(C)c1ccccc1. The summed E-state index contributed by atoms with van der Waals surface area (Å²) in [6.45, 7) is 5.08. The number of carbonyl (C=O) groups is 1. The van der Waals surface area contributed by atoms with Crippen molar-refractivity contribution in [1.29, 1.82) is 0 Å². The van der Waals surface area contributed by atoms with Gasteiger partial charge in [-0.3, -0.25) is 4.79 Å². The van der Waals surface area contributed by atoms with Crippen molar-refractivity contribution < 1.29 is 4.79 Å². The molecule has 0 saturated heterocycles. The van der Waals surface area contributed by atoms with Crippen LogP contribution in [0.15, 0.2) is 30.3 Å².